The van der Waals surface area contributed by atoms with Crippen molar-refractivity contribution < 1.29 is 14.6 Å². The van der Waals surface area contributed by atoms with Crippen LogP contribution >= 0.6 is 0 Å². The third kappa shape index (κ3) is 5.48. The highest BCUT2D eigenvalue weighted by Crippen LogP contribution is 2.38. The molecule has 0 unspecified atom stereocenters. The molecule has 2 aromatic rings. The summed E-state index contributed by atoms with van der Waals surface area (Å²) < 4.78 is 5.77. The number of aromatic hydroxyl groups is 1. The number of hydrogen-bond donors (Lipinski definition) is 2. The Balaban J connectivity index is 1.98. The van der Waals surface area contributed by atoms with Crippen LogP contribution < -0.4 is 10.1 Å². The van der Waals surface area contributed by atoms with Crippen LogP contribution in [0.3, 0.4) is 0 Å². The van der Waals surface area contributed by atoms with Crippen LogP contribution in [0.5, 0.6) is 11.5 Å². The van der Waals surface area contributed by atoms with Gasteiger partial charge >= 0.3 is 0 Å². The molecule has 0 saturated heterocycles. The van der Waals surface area contributed by atoms with Gasteiger partial charge in [-0.2, -0.15) is 0 Å². The predicted molar refractivity (Wildman–Crippen MR) is 117 cm³/mol. The largest absolute Gasteiger partial charge is 0.508 e. The zero-order chi connectivity index (χ0) is 20.6. The lowest BCUT2D eigenvalue weighted by Gasteiger charge is -2.27. The molecule has 0 spiro atoms. The van der Waals surface area contributed by atoms with Crippen molar-refractivity contribution in [3.8, 4) is 11.5 Å². The predicted octanol–water partition coefficient (Wildman–Crippen LogP) is 4.96. The molecule has 4 nitrogen and oxygen atoms in total. The van der Waals surface area contributed by atoms with Crippen LogP contribution in [0.1, 0.15) is 50.2 Å². The van der Waals surface area contributed by atoms with Crippen LogP contribution in [0.15, 0.2) is 54.1 Å². The summed E-state index contributed by atoms with van der Waals surface area (Å²) in [4.78, 5) is 11.8. The second kappa shape index (κ2) is 10.3. The van der Waals surface area contributed by atoms with E-state index in [4.69, 9.17) is 4.74 Å². The van der Waals surface area contributed by atoms with Gasteiger partial charge in [-0.1, -0.05) is 36.8 Å². The van der Waals surface area contributed by atoms with Crippen LogP contribution in [0.2, 0.25) is 0 Å². The molecule has 1 saturated carbocycles. The van der Waals surface area contributed by atoms with Crippen molar-refractivity contribution in [2.45, 2.75) is 39.0 Å². The van der Waals surface area contributed by atoms with Crippen molar-refractivity contribution in [3.05, 3.63) is 65.2 Å². The van der Waals surface area contributed by atoms with Crippen molar-refractivity contribution in [1.29, 1.82) is 0 Å². The number of phenols is 1. The van der Waals surface area contributed by atoms with Crippen molar-refractivity contribution in [2.75, 3.05) is 20.2 Å². The maximum absolute atomic E-state index is 11.8. The topological polar surface area (TPSA) is 58.6 Å². The summed E-state index contributed by atoms with van der Waals surface area (Å²) in [7, 11) is 1.91. The minimum Gasteiger partial charge on any atom is -0.508 e. The van der Waals surface area contributed by atoms with Gasteiger partial charge in [0, 0.05) is 19.4 Å². The molecule has 3 rings (SSSR count). The number of likely N-dealkylation sites (N-methyl/N-ethyl adjacent to an activating group) is 1. The summed E-state index contributed by atoms with van der Waals surface area (Å²) in [5.41, 5.74) is 4.85. The standard InChI is InChI=1S/C25H31NO3/c1-3-24(18-4-10-21(27)11-5-18)25(19-6-12-22(28)13-7-19)20-8-14-23(15-9-20)29-17-16-26-2/h6-9,12-15,18,26,28H,3-5,10-11,16-17H2,1-2H3. The molecule has 4 heteroatoms. The Morgan fingerprint density at radius 3 is 2.17 bits per heavy atom. The van der Waals surface area contributed by atoms with Crippen molar-refractivity contribution in [2.24, 2.45) is 5.92 Å². The summed E-state index contributed by atoms with van der Waals surface area (Å²) in [6.45, 7) is 3.63. The summed E-state index contributed by atoms with van der Waals surface area (Å²) in [6.07, 6.45) is 4.14. The Bertz CT molecular complexity index is 827. The smallest absolute Gasteiger partial charge is 0.132 e. The highest BCUT2D eigenvalue weighted by molar-refractivity contribution is 5.84. The molecule has 0 bridgehead atoms. The SMILES string of the molecule is CCC(=C(c1ccc(O)cc1)c1ccc(OCCNC)cc1)C1CCC(=O)CC1. The summed E-state index contributed by atoms with van der Waals surface area (Å²) in [6, 6.07) is 15.7. The van der Waals surface area contributed by atoms with E-state index < -0.39 is 0 Å². The first-order chi connectivity index (χ1) is 14.1. The molecule has 0 radical (unpaired) electrons. The molecule has 1 fully saturated rings. The monoisotopic (exact) mass is 393 g/mol. The first-order valence-corrected chi connectivity index (χ1v) is 10.5. The van der Waals surface area contributed by atoms with E-state index in [2.05, 4.69) is 24.4 Å². The summed E-state index contributed by atoms with van der Waals surface area (Å²) >= 11 is 0. The number of carbonyl (C=O) groups is 1. The van der Waals surface area contributed by atoms with Gasteiger partial charge in [-0.3, -0.25) is 4.79 Å². The third-order valence-corrected chi connectivity index (χ3v) is 5.66. The van der Waals surface area contributed by atoms with E-state index in [9.17, 15) is 9.90 Å². The maximum atomic E-state index is 11.8. The van der Waals surface area contributed by atoms with E-state index >= 15 is 0 Å². The van der Waals surface area contributed by atoms with E-state index in [1.807, 2.05) is 31.3 Å². The number of phenolic OH excluding ortho intramolecular Hbond substituents is 1. The fourth-order valence-electron chi connectivity index (χ4n) is 4.11. The van der Waals surface area contributed by atoms with Crippen LogP contribution in [-0.4, -0.2) is 31.1 Å². The number of nitrogens with one attached hydrogen (secondary N) is 1. The number of allylic oxidation sites excluding steroid dienone is 1. The molecule has 29 heavy (non-hydrogen) atoms. The zero-order valence-corrected chi connectivity index (χ0v) is 17.4. The summed E-state index contributed by atoms with van der Waals surface area (Å²) in [5.74, 6) is 1.93. The Hall–Kier alpha value is -2.59. The highest BCUT2D eigenvalue weighted by atomic mass is 16.5. The Morgan fingerprint density at radius 1 is 1.03 bits per heavy atom. The van der Waals surface area contributed by atoms with Gasteiger partial charge in [0.2, 0.25) is 0 Å². The molecule has 0 atom stereocenters. The van der Waals surface area contributed by atoms with Crippen LogP contribution in [-0.2, 0) is 4.79 Å². The highest BCUT2D eigenvalue weighted by Gasteiger charge is 2.24. The van der Waals surface area contributed by atoms with Crippen molar-refractivity contribution in [1.82, 2.24) is 5.32 Å². The molecule has 1 aliphatic carbocycles. The van der Waals surface area contributed by atoms with Crippen LogP contribution in [0.25, 0.3) is 5.57 Å². The van der Waals surface area contributed by atoms with E-state index in [0.29, 0.717) is 31.1 Å². The minimum atomic E-state index is 0.266. The van der Waals surface area contributed by atoms with E-state index in [-0.39, 0.29) is 5.75 Å². The Labute approximate surface area is 173 Å². The van der Waals surface area contributed by atoms with E-state index in [0.717, 1.165) is 42.7 Å². The minimum absolute atomic E-state index is 0.266. The number of carbonyl (C=O) groups excluding carboxylic acids is 1. The molecule has 154 valence electrons. The molecule has 0 aliphatic heterocycles. The number of hydrogen-bond acceptors (Lipinski definition) is 4. The quantitative estimate of drug-likeness (QED) is 0.622. The number of ketones is 1. The van der Waals surface area contributed by atoms with Gasteiger partial charge in [0.05, 0.1) is 0 Å². The molecular formula is C25H31NO3. The fraction of sp³-hybridized carbons (Fsp3) is 0.400. The second-order valence-electron chi connectivity index (χ2n) is 7.59. The lowest BCUT2D eigenvalue weighted by Crippen LogP contribution is -2.17. The average molecular weight is 394 g/mol. The Morgan fingerprint density at radius 2 is 1.62 bits per heavy atom. The molecule has 0 amide bonds. The van der Waals surface area contributed by atoms with Gasteiger partial charge in [-0.15, -0.1) is 0 Å². The van der Waals surface area contributed by atoms with Crippen molar-refractivity contribution in [3.63, 3.8) is 0 Å². The molecule has 2 aromatic carbocycles. The van der Waals surface area contributed by atoms with Gasteiger partial charge in [-0.05, 0) is 73.2 Å². The van der Waals surface area contributed by atoms with Gasteiger partial charge < -0.3 is 15.2 Å². The lowest BCUT2D eigenvalue weighted by molar-refractivity contribution is -0.120. The average Bonchev–Trinajstić information content (AvgIpc) is 2.75. The first-order valence-electron chi connectivity index (χ1n) is 10.5. The molecular weight excluding hydrogens is 362 g/mol. The van der Waals surface area contributed by atoms with Gasteiger partial charge in [0.1, 0.15) is 23.9 Å². The lowest BCUT2D eigenvalue weighted by atomic mass is 9.77. The molecule has 2 N–H and O–H groups in total. The van der Waals surface area contributed by atoms with E-state index in [1.54, 1.807) is 12.1 Å². The number of ether oxygens (including phenoxy) is 1. The van der Waals surface area contributed by atoms with Crippen molar-refractivity contribution >= 4 is 11.4 Å². The van der Waals surface area contributed by atoms with Gasteiger partial charge in [0.25, 0.3) is 0 Å². The van der Waals surface area contributed by atoms with Crippen LogP contribution in [0.4, 0.5) is 0 Å². The van der Waals surface area contributed by atoms with Gasteiger partial charge in [0.15, 0.2) is 0 Å². The first kappa shape index (κ1) is 21.1. The van der Waals surface area contributed by atoms with E-state index in [1.165, 1.54) is 11.1 Å². The molecule has 0 aromatic heterocycles. The normalized spacial score (nSPS) is 15.9. The number of rotatable bonds is 8. The maximum Gasteiger partial charge on any atom is 0.132 e. The number of Topliss-reactive ketones (excluding diaryl/α,β-unsaturated/α-hetero) is 1. The van der Waals surface area contributed by atoms with Crippen LogP contribution in [0, 0.1) is 5.92 Å². The zero-order valence-electron chi connectivity index (χ0n) is 17.4. The summed E-state index contributed by atoms with van der Waals surface area (Å²) in [5, 5.41) is 12.8. The second-order valence-corrected chi connectivity index (χ2v) is 7.59. The Kier molecular flexibility index (Phi) is 7.48. The third-order valence-electron chi connectivity index (χ3n) is 5.66. The number of benzene rings is 2. The molecule has 0 heterocycles. The molecule has 1 aliphatic rings. The fourth-order valence-corrected chi connectivity index (χ4v) is 4.11. The van der Waals surface area contributed by atoms with Gasteiger partial charge in [-0.25, -0.2) is 0 Å².